The molecule has 17 heavy (non-hydrogen) atoms. The maximum Gasteiger partial charge on any atom is 0.0936 e. The average Bonchev–Trinajstić information content (AvgIpc) is 2.39. The van der Waals surface area contributed by atoms with Crippen molar-refractivity contribution >= 4 is 22.5 Å². The highest BCUT2D eigenvalue weighted by atomic mass is 35.5. The van der Waals surface area contributed by atoms with Crippen LogP contribution in [-0.4, -0.2) is 10.2 Å². The van der Waals surface area contributed by atoms with Gasteiger partial charge in [-0.15, -0.1) is 0 Å². The highest BCUT2D eigenvalue weighted by Gasteiger charge is 2.05. The van der Waals surface area contributed by atoms with Gasteiger partial charge in [0.05, 0.1) is 11.7 Å². The van der Waals surface area contributed by atoms with E-state index in [9.17, 15) is 0 Å². The topological polar surface area (TPSA) is 25.8 Å². The van der Waals surface area contributed by atoms with Gasteiger partial charge in [0.15, 0.2) is 0 Å². The Labute approximate surface area is 104 Å². The molecule has 0 saturated heterocycles. The van der Waals surface area contributed by atoms with Crippen LogP contribution in [0.25, 0.3) is 22.0 Å². The summed E-state index contributed by atoms with van der Waals surface area (Å²) in [4.78, 5) is 0. The molecule has 1 aromatic heterocycles. The van der Waals surface area contributed by atoms with Crippen LogP contribution in [0.4, 0.5) is 0 Å². The molecule has 0 saturated carbocycles. The van der Waals surface area contributed by atoms with Gasteiger partial charge in [0, 0.05) is 16.0 Å². The molecule has 3 heteroatoms. The second-order valence-electron chi connectivity index (χ2n) is 3.79. The number of benzene rings is 2. The van der Waals surface area contributed by atoms with Gasteiger partial charge >= 0.3 is 0 Å². The Kier molecular flexibility index (Phi) is 2.50. The van der Waals surface area contributed by atoms with Crippen molar-refractivity contribution in [1.29, 1.82) is 0 Å². The van der Waals surface area contributed by atoms with Crippen LogP contribution >= 0.6 is 11.6 Å². The molecule has 0 bridgehead atoms. The van der Waals surface area contributed by atoms with Crippen molar-refractivity contribution in [1.82, 2.24) is 10.2 Å². The molecule has 0 aliphatic heterocycles. The zero-order valence-electron chi connectivity index (χ0n) is 8.97. The molecule has 82 valence electrons. The first-order valence-electron chi connectivity index (χ1n) is 5.31. The van der Waals surface area contributed by atoms with E-state index in [1.54, 1.807) is 6.20 Å². The lowest BCUT2D eigenvalue weighted by atomic mass is 10.0. The van der Waals surface area contributed by atoms with Crippen LogP contribution in [0.15, 0.2) is 54.7 Å². The standard InChI is InChI=1S/C14H9ClN2/c15-11-6-7-14-12(8-11)13(9-16-17-14)10-4-2-1-3-5-10/h1-9H. The summed E-state index contributed by atoms with van der Waals surface area (Å²) in [5, 5.41) is 9.86. The van der Waals surface area contributed by atoms with E-state index in [4.69, 9.17) is 11.6 Å². The largest absolute Gasteiger partial charge is 0.158 e. The third-order valence-corrected chi connectivity index (χ3v) is 2.92. The van der Waals surface area contributed by atoms with Gasteiger partial charge in [-0.3, -0.25) is 0 Å². The van der Waals surface area contributed by atoms with Gasteiger partial charge in [0.25, 0.3) is 0 Å². The molecule has 0 atom stereocenters. The lowest BCUT2D eigenvalue weighted by Crippen LogP contribution is -1.87. The Bertz CT molecular complexity index is 665. The van der Waals surface area contributed by atoms with E-state index in [-0.39, 0.29) is 0 Å². The Balaban J connectivity index is 2.33. The van der Waals surface area contributed by atoms with Crippen LogP contribution < -0.4 is 0 Å². The van der Waals surface area contributed by atoms with Gasteiger partial charge in [-0.05, 0) is 23.8 Å². The molecule has 0 radical (unpaired) electrons. The Morgan fingerprint density at radius 1 is 0.941 bits per heavy atom. The highest BCUT2D eigenvalue weighted by Crippen LogP contribution is 2.28. The van der Waals surface area contributed by atoms with E-state index in [1.165, 1.54) is 0 Å². The van der Waals surface area contributed by atoms with Gasteiger partial charge < -0.3 is 0 Å². The number of aromatic nitrogens is 2. The Hall–Kier alpha value is -1.93. The van der Waals surface area contributed by atoms with Crippen LogP contribution in [0.3, 0.4) is 0 Å². The molecule has 2 nitrogen and oxygen atoms in total. The van der Waals surface area contributed by atoms with Crippen molar-refractivity contribution in [2.45, 2.75) is 0 Å². The first-order chi connectivity index (χ1) is 8.34. The molecule has 3 rings (SSSR count). The van der Waals surface area contributed by atoms with E-state index in [0.29, 0.717) is 5.02 Å². The maximum atomic E-state index is 6.03. The second kappa shape index (κ2) is 4.15. The first-order valence-corrected chi connectivity index (χ1v) is 5.69. The molecule has 0 amide bonds. The summed E-state index contributed by atoms with van der Waals surface area (Å²) in [5.74, 6) is 0. The van der Waals surface area contributed by atoms with Crippen LogP contribution in [0, 0.1) is 0 Å². The summed E-state index contributed by atoms with van der Waals surface area (Å²) in [7, 11) is 0. The van der Waals surface area contributed by atoms with Crippen molar-refractivity contribution in [3.05, 3.63) is 59.8 Å². The fourth-order valence-corrected chi connectivity index (χ4v) is 2.05. The molecule has 0 aliphatic carbocycles. The van der Waals surface area contributed by atoms with Crippen molar-refractivity contribution in [3.8, 4) is 11.1 Å². The normalized spacial score (nSPS) is 10.6. The number of fused-ring (bicyclic) bond motifs is 1. The lowest BCUT2D eigenvalue weighted by molar-refractivity contribution is 1.08. The predicted octanol–water partition coefficient (Wildman–Crippen LogP) is 3.95. The minimum Gasteiger partial charge on any atom is -0.158 e. The monoisotopic (exact) mass is 240 g/mol. The lowest BCUT2D eigenvalue weighted by Gasteiger charge is -2.05. The van der Waals surface area contributed by atoms with E-state index >= 15 is 0 Å². The first kappa shape index (κ1) is 10.2. The second-order valence-corrected chi connectivity index (χ2v) is 4.22. The fraction of sp³-hybridized carbons (Fsp3) is 0. The summed E-state index contributed by atoms with van der Waals surface area (Å²) in [6, 6.07) is 15.7. The van der Waals surface area contributed by atoms with Gasteiger partial charge in [-0.1, -0.05) is 41.9 Å². The quantitative estimate of drug-likeness (QED) is 0.644. The highest BCUT2D eigenvalue weighted by molar-refractivity contribution is 6.31. The molecule has 0 unspecified atom stereocenters. The maximum absolute atomic E-state index is 6.03. The van der Waals surface area contributed by atoms with Crippen LogP contribution in [0.1, 0.15) is 0 Å². The zero-order valence-corrected chi connectivity index (χ0v) is 9.72. The Morgan fingerprint density at radius 2 is 1.76 bits per heavy atom. The van der Waals surface area contributed by atoms with Crippen molar-refractivity contribution in [3.63, 3.8) is 0 Å². The summed E-state index contributed by atoms with van der Waals surface area (Å²) in [6.45, 7) is 0. The molecule has 3 aromatic rings. The van der Waals surface area contributed by atoms with E-state index in [1.807, 2.05) is 36.4 Å². The van der Waals surface area contributed by atoms with Crippen LogP contribution in [0.2, 0.25) is 5.02 Å². The SMILES string of the molecule is Clc1ccc2nncc(-c3ccccc3)c2c1. The smallest absolute Gasteiger partial charge is 0.0936 e. The van der Waals surface area contributed by atoms with Crippen molar-refractivity contribution < 1.29 is 0 Å². The molecular formula is C14H9ClN2. The number of hydrogen-bond donors (Lipinski definition) is 0. The zero-order chi connectivity index (χ0) is 11.7. The van der Waals surface area contributed by atoms with Crippen LogP contribution in [0.5, 0.6) is 0 Å². The summed E-state index contributed by atoms with van der Waals surface area (Å²) >= 11 is 6.03. The predicted molar refractivity (Wildman–Crippen MR) is 70.0 cm³/mol. The average molecular weight is 241 g/mol. The van der Waals surface area contributed by atoms with Crippen molar-refractivity contribution in [2.75, 3.05) is 0 Å². The Morgan fingerprint density at radius 3 is 2.59 bits per heavy atom. The third-order valence-electron chi connectivity index (χ3n) is 2.69. The van der Waals surface area contributed by atoms with Gasteiger partial charge in [0.1, 0.15) is 0 Å². The van der Waals surface area contributed by atoms with Crippen molar-refractivity contribution in [2.24, 2.45) is 0 Å². The number of hydrogen-bond acceptors (Lipinski definition) is 2. The van der Waals surface area contributed by atoms with E-state index < -0.39 is 0 Å². The van der Waals surface area contributed by atoms with Gasteiger partial charge in [-0.2, -0.15) is 10.2 Å². The molecule has 0 aliphatic rings. The molecule has 0 fully saturated rings. The molecule has 2 aromatic carbocycles. The molecule has 0 N–H and O–H groups in total. The third kappa shape index (κ3) is 1.87. The molecule has 0 spiro atoms. The summed E-state index contributed by atoms with van der Waals surface area (Å²) in [6.07, 6.45) is 1.77. The minimum atomic E-state index is 0.711. The van der Waals surface area contributed by atoms with Gasteiger partial charge in [0.2, 0.25) is 0 Å². The molecule has 1 heterocycles. The summed E-state index contributed by atoms with van der Waals surface area (Å²) < 4.78 is 0. The molecular weight excluding hydrogens is 232 g/mol. The fourth-order valence-electron chi connectivity index (χ4n) is 1.88. The van der Waals surface area contributed by atoms with E-state index in [0.717, 1.165) is 22.0 Å². The number of rotatable bonds is 1. The van der Waals surface area contributed by atoms with Gasteiger partial charge in [-0.25, -0.2) is 0 Å². The number of nitrogens with zero attached hydrogens (tertiary/aromatic N) is 2. The van der Waals surface area contributed by atoms with E-state index in [2.05, 4.69) is 22.3 Å². The summed E-state index contributed by atoms with van der Waals surface area (Å²) in [5.41, 5.74) is 3.03. The minimum absolute atomic E-state index is 0.711. The van der Waals surface area contributed by atoms with Crippen LogP contribution in [-0.2, 0) is 0 Å². The number of halogens is 1.